The monoisotopic (exact) mass is 284 g/mol. The lowest BCUT2D eigenvalue weighted by Crippen LogP contribution is -2.29. The van der Waals surface area contributed by atoms with E-state index in [1.807, 2.05) is 0 Å². The Hall–Kier alpha value is -0.890. The molecule has 1 aromatic rings. The van der Waals surface area contributed by atoms with Gasteiger partial charge in [-0.15, -0.1) is 11.8 Å². The Morgan fingerprint density at radius 1 is 1.56 bits per heavy atom. The van der Waals surface area contributed by atoms with E-state index in [9.17, 15) is 4.39 Å². The molecular weight excluding hydrogens is 271 g/mol. The van der Waals surface area contributed by atoms with E-state index < -0.39 is 0 Å². The van der Waals surface area contributed by atoms with Gasteiger partial charge in [0.2, 0.25) is 0 Å². The molecule has 86 valence electrons. The highest BCUT2D eigenvalue weighted by molar-refractivity contribution is 9.10. The van der Waals surface area contributed by atoms with Gasteiger partial charge < -0.3 is 0 Å². The van der Waals surface area contributed by atoms with E-state index in [2.05, 4.69) is 33.2 Å². The van der Waals surface area contributed by atoms with Crippen LogP contribution < -0.4 is 11.3 Å². The summed E-state index contributed by atoms with van der Waals surface area (Å²) in [4.78, 5) is 0. The first-order valence-electron chi connectivity index (χ1n) is 5.00. The predicted molar refractivity (Wildman–Crippen MR) is 66.8 cm³/mol. The molecule has 0 bridgehead atoms. The van der Waals surface area contributed by atoms with Crippen molar-refractivity contribution in [3.05, 3.63) is 34.1 Å². The molecule has 0 aliphatic carbocycles. The van der Waals surface area contributed by atoms with Crippen LogP contribution in [0.4, 0.5) is 4.39 Å². The van der Waals surface area contributed by atoms with E-state index in [0.717, 1.165) is 4.47 Å². The van der Waals surface area contributed by atoms with Crippen LogP contribution in [0.3, 0.4) is 0 Å². The van der Waals surface area contributed by atoms with Crippen LogP contribution in [0.25, 0.3) is 0 Å². The Balaban J connectivity index is 2.88. The van der Waals surface area contributed by atoms with E-state index in [0.29, 0.717) is 18.4 Å². The third kappa shape index (κ3) is 3.31. The summed E-state index contributed by atoms with van der Waals surface area (Å²) in [5.74, 6) is 10.9. The van der Waals surface area contributed by atoms with Gasteiger partial charge in [0.05, 0.1) is 6.04 Å². The molecule has 0 aliphatic rings. The van der Waals surface area contributed by atoms with Crippen molar-refractivity contribution >= 4 is 15.9 Å². The summed E-state index contributed by atoms with van der Waals surface area (Å²) >= 11 is 3.33. The average molecular weight is 285 g/mol. The van der Waals surface area contributed by atoms with E-state index in [1.165, 1.54) is 6.07 Å². The Morgan fingerprint density at radius 2 is 2.31 bits per heavy atom. The van der Waals surface area contributed by atoms with Crippen LogP contribution in [0, 0.1) is 17.7 Å². The molecule has 1 unspecified atom stereocenters. The predicted octanol–water partition coefficient (Wildman–Crippen LogP) is 2.90. The van der Waals surface area contributed by atoms with Gasteiger partial charge in [0, 0.05) is 16.5 Å². The largest absolute Gasteiger partial charge is 0.271 e. The molecule has 0 aromatic heterocycles. The van der Waals surface area contributed by atoms with Gasteiger partial charge in [0.25, 0.3) is 0 Å². The fourth-order valence-electron chi connectivity index (χ4n) is 1.50. The third-order valence-corrected chi connectivity index (χ3v) is 2.98. The molecule has 1 atom stereocenters. The lowest BCUT2D eigenvalue weighted by Gasteiger charge is -2.17. The van der Waals surface area contributed by atoms with E-state index in [4.69, 9.17) is 5.84 Å². The molecule has 1 aromatic carbocycles. The molecule has 0 aliphatic heterocycles. The van der Waals surface area contributed by atoms with Crippen LogP contribution in [0.1, 0.15) is 31.4 Å². The first-order valence-corrected chi connectivity index (χ1v) is 5.79. The molecule has 0 saturated heterocycles. The second kappa shape index (κ2) is 6.64. The molecule has 3 N–H and O–H groups in total. The summed E-state index contributed by atoms with van der Waals surface area (Å²) < 4.78 is 14.4. The number of rotatable bonds is 4. The normalized spacial score (nSPS) is 11.8. The Kier molecular flexibility index (Phi) is 5.47. The number of hydrazine groups is 1. The minimum atomic E-state index is -0.262. The summed E-state index contributed by atoms with van der Waals surface area (Å²) in [5.41, 5.74) is 3.18. The highest BCUT2D eigenvalue weighted by Gasteiger charge is 2.16. The van der Waals surface area contributed by atoms with Gasteiger partial charge in [-0.2, -0.15) is 0 Å². The first kappa shape index (κ1) is 13.2. The van der Waals surface area contributed by atoms with Gasteiger partial charge in [-0.25, -0.2) is 4.39 Å². The fraction of sp³-hybridized carbons (Fsp3) is 0.333. The highest BCUT2D eigenvalue weighted by atomic mass is 79.9. The average Bonchev–Trinajstić information content (AvgIpc) is 2.26. The van der Waals surface area contributed by atoms with Crippen LogP contribution in [-0.4, -0.2) is 0 Å². The van der Waals surface area contributed by atoms with Crippen molar-refractivity contribution in [3.8, 4) is 11.8 Å². The van der Waals surface area contributed by atoms with Crippen molar-refractivity contribution in [3.63, 3.8) is 0 Å². The number of hydrogen-bond acceptors (Lipinski definition) is 2. The van der Waals surface area contributed by atoms with Gasteiger partial charge in [0.1, 0.15) is 5.82 Å². The SMILES string of the molecule is CC#CCCC(NN)c1c(F)cccc1Br. The van der Waals surface area contributed by atoms with Crippen molar-refractivity contribution in [1.29, 1.82) is 0 Å². The summed E-state index contributed by atoms with van der Waals surface area (Å²) in [5, 5.41) is 0. The van der Waals surface area contributed by atoms with Crippen molar-refractivity contribution in [2.45, 2.75) is 25.8 Å². The number of benzene rings is 1. The topological polar surface area (TPSA) is 38.0 Å². The van der Waals surface area contributed by atoms with Crippen molar-refractivity contribution in [2.75, 3.05) is 0 Å². The zero-order chi connectivity index (χ0) is 12.0. The molecule has 0 fully saturated rings. The molecule has 0 saturated carbocycles. The molecule has 1 rings (SSSR count). The molecule has 4 heteroatoms. The molecule has 0 radical (unpaired) electrons. The van der Waals surface area contributed by atoms with Crippen LogP contribution in [0.2, 0.25) is 0 Å². The smallest absolute Gasteiger partial charge is 0.129 e. The van der Waals surface area contributed by atoms with Crippen molar-refractivity contribution in [1.82, 2.24) is 5.43 Å². The second-order valence-corrected chi connectivity index (χ2v) is 4.17. The maximum absolute atomic E-state index is 13.6. The van der Waals surface area contributed by atoms with Crippen LogP contribution in [0.5, 0.6) is 0 Å². The van der Waals surface area contributed by atoms with E-state index in [1.54, 1.807) is 19.1 Å². The van der Waals surface area contributed by atoms with Crippen molar-refractivity contribution in [2.24, 2.45) is 5.84 Å². The van der Waals surface area contributed by atoms with Crippen molar-refractivity contribution < 1.29 is 4.39 Å². The standard InChI is InChI=1S/C12H14BrFN2/c1-2-3-4-8-11(16-15)12-9(13)6-5-7-10(12)14/h5-7,11,16H,4,8,15H2,1H3. The quantitative estimate of drug-likeness (QED) is 0.507. The fourth-order valence-corrected chi connectivity index (χ4v) is 2.11. The van der Waals surface area contributed by atoms with E-state index >= 15 is 0 Å². The zero-order valence-electron chi connectivity index (χ0n) is 9.06. The maximum Gasteiger partial charge on any atom is 0.129 e. The molecule has 0 amide bonds. The first-order chi connectivity index (χ1) is 7.70. The number of hydrogen-bond donors (Lipinski definition) is 2. The second-order valence-electron chi connectivity index (χ2n) is 3.32. The van der Waals surface area contributed by atoms with Gasteiger partial charge in [-0.05, 0) is 25.5 Å². The molecule has 0 heterocycles. The summed E-state index contributed by atoms with van der Waals surface area (Å²) in [6.45, 7) is 1.78. The minimum absolute atomic E-state index is 0.226. The van der Waals surface area contributed by atoms with Gasteiger partial charge in [-0.3, -0.25) is 11.3 Å². The summed E-state index contributed by atoms with van der Waals surface area (Å²) in [6.07, 6.45) is 1.36. The molecular formula is C12H14BrFN2. The minimum Gasteiger partial charge on any atom is -0.271 e. The number of nitrogens with two attached hydrogens (primary N) is 1. The zero-order valence-corrected chi connectivity index (χ0v) is 10.6. The number of halogens is 2. The summed E-state index contributed by atoms with van der Waals surface area (Å²) in [7, 11) is 0. The Bertz CT molecular complexity index is 389. The summed E-state index contributed by atoms with van der Waals surface area (Å²) in [6, 6.07) is 4.66. The molecule has 16 heavy (non-hydrogen) atoms. The Morgan fingerprint density at radius 3 is 2.88 bits per heavy atom. The van der Waals surface area contributed by atoms with Crippen LogP contribution in [0.15, 0.2) is 22.7 Å². The maximum atomic E-state index is 13.6. The lowest BCUT2D eigenvalue weighted by molar-refractivity contribution is 0.488. The highest BCUT2D eigenvalue weighted by Crippen LogP contribution is 2.28. The molecule has 2 nitrogen and oxygen atoms in total. The van der Waals surface area contributed by atoms with E-state index in [-0.39, 0.29) is 11.9 Å². The lowest BCUT2D eigenvalue weighted by atomic mass is 10.0. The van der Waals surface area contributed by atoms with Crippen LogP contribution in [-0.2, 0) is 0 Å². The van der Waals surface area contributed by atoms with Gasteiger partial charge in [-0.1, -0.05) is 22.0 Å². The Labute approximate surface area is 104 Å². The van der Waals surface area contributed by atoms with Gasteiger partial charge in [0.15, 0.2) is 0 Å². The van der Waals surface area contributed by atoms with Gasteiger partial charge >= 0.3 is 0 Å². The van der Waals surface area contributed by atoms with Crippen LogP contribution >= 0.6 is 15.9 Å². The third-order valence-electron chi connectivity index (χ3n) is 2.28. The molecule has 0 spiro atoms. The number of nitrogens with one attached hydrogen (secondary N) is 1.